The molecular formula is C25H18Cl2N2O2. The molecule has 3 aromatic carbocycles. The number of carbonyl (C=O) groups is 2. The number of imide groups is 1. The molecule has 0 radical (unpaired) electrons. The molecule has 0 atom stereocenters. The molecule has 2 aliphatic heterocycles. The number of rotatable bonds is 3. The Morgan fingerprint density at radius 2 is 1.45 bits per heavy atom. The second-order valence-electron chi connectivity index (χ2n) is 7.57. The molecule has 2 aliphatic rings. The molecule has 3 aromatic rings. The molecule has 0 saturated heterocycles. The van der Waals surface area contributed by atoms with E-state index in [1.54, 1.807) is 18.2 Å². The minimum absolute atomic E-state index is 0.293. The lowest BCUT2D eigenvalue weighted by Gasteiger charge is -2.31. The molecule has 0 saturated carbocycles. The van der Waals surface area contributed by atoms with Crippen molar-refractivity contribution in [3.05, 3.63) is 105 Å². The van der Waals surface area contributed by atoms with E-state index in [0.717, 1.165) is 12.0 Å². The smallest absolute Gasteiger partial charge is 0.282 e. The summed E-state index contributed by atoms with van der Waals surface area (Å²) in [5.41, 5.74) is 4.41. The van der Waals surface area contributed by atoms with E-state index >= 15 is 0 Å². The number of benzene rings is 3. The first-order valence-electron chi connectivity index (χ1n) is 10.00. The molecule has 5 rings (SSSR count). The van der Waals surface area contributed by atoms with Crippen molar-refractivity contribution in [2.45, 2.75) is 13.0 Å². The Hall–Kier alpha value is -3.08. The highest BCUT2D eigenvalue weighted by atomic mass is 35.5. The van der Waals surface area contributed by atoms with Crippen LogP contribution in [0, 0.1) is 0 Å². The van der Waals surface area contributed by atoms with E-state index in [1.165, 1.54) is 16.0 Å². The van der Waals surface area contributed by atoms with Crippen LogP contribution in [0.15, 0.2) is 78.5 Å². The van der Waals surface area contributed by atoms with Gasteiger partial charge in [0.2, 0.25) is 0 Å². The summed E-state index contributed by atoms with van der Waals surface area (Å²) in [7, 11) is 0. The Kier molecular flexibility index (Phi) is 5.05. The standard InChI is InChI=1S/C25H18Cl2N2O2/c26-20-11-10-19(14-21(20)27)29-24(30)22(17-7-2-1-3-8-17)23(25(29)31)28-13-12-16-6-4-5-9-18(16)15-28/h1-11,14H,12-13,15H2. The maximum Gasteiger partial charge on any atom is 0.282 e. The van der Waals surface area contributed by atoms with E-state index in [-0.39, 0.29) is 11.8 Å². The van der Waals surface area contributed by atoms with Gasteiger partial charge in [-0.05, 0) is 41.3 Å². The van der Waals surface area contributed by atoms with Gasteiger partial charge >= 0.3 is 0 Å². The molecule has 2 heterocycles. The van der Waals surface area contributed by atoms with Gasteiger partial charge in [0.1, 0.15) is 5.70 Å². The van der Waals surface area contributed by atoms with Crippen LogP contribution >= 0.6 is 23.2 Å². The average molecular weight is 449 g/mol. The van der Waals surface area contributed by atoms with Crippen LogP contribution in [0.25, 0.3) is 5.57 Å². The predicted molar refractivity (Wildman–Crippen MR) is 123 cm³/mol. The molecule has 31 heavy (non-hydrogen) atoms. The highest BCUT2D eigenvalue weighted by Gasteiger charge is 2.43. The summed E-state index contributed by atoms with van der Waals surface area (Å²) >= 11 is 12.2. The summed E-state index contributed by atoms with van der Waals surface area (Å²) in [6.07, 6.45) is 0.815. The normalized spacial score (nSPS) is 16.2. The molecule has 0 spiro atoms. The molecule has 154 valence electrons. The zero-order valence-electron chi connectivity index (χ0n) is 16.5. The van der Waals surface area contributed by atoms with E-state index < -0.39 is 0 Å². The topological polar surface area (TPSA) is 40.6 Å². The first-order chi connectivity index (χ1) is 15.0. The number of hydrogen-bond donors (Lipinski definition) is 0. The summed E-state index contributed by atoms with van der Waals surface area (Å²) < 4.78 is 0. The van der Waals surface area contributed by atoms with Crippen molar-refractivity contribution in [1.82, 2.24) is 4.90 Å². The van der Waals surface area contributed by atoms with Crippen molar-refractivity contribution in [1.29, 1.82) is 0 Å². The fraction of sp³-hybridized carbons (Fsp3) is 0.120. The largest absolute Gasteiger partial charge is 0.362 e. The molecule has 0 unspecified atom stereocenters. The minimum atomic E-state index is -0.358. The van der Waals surface area contributed by atoms with Gasteiger partial charge in [0, 0.05) is 13.1 Å². The number of nitrogens with zero attached hydrogens (tertiary/aromatic N) is 2. The summed E-state index contributed by atoms with van der Waals surface area (Å²) in [5, 5.41) is 0.662. The summed E-state index contributed by atoms with van der Waals surface area (Å²) in [6, 6.07) is 22.3. The number of fused-ring (bicyclic) bond motifs is 1. The first kappa shape index (κ1) is 19.9. The van der Waals surface area contributed by atoms with Crippen LogP contribution in [0.5, 0.6) is 0 Å². The highest BCUT2D eigenvalue weighted by Crippen LogP contribution is 2.38. The predicted octanol–water partition coefficient (Wildman–Crippen LogP) is 5.34. The second kappa shape index (κ2) is 7.88. The maximum absolute atomic E-state index is 13.6. The van der Waals surface area contributed by atoms with Crippen LogP contribution in [0.4, 0.5) is 5.69 Å². The third-order valence-corrected chi connectivity index (χ3v) is 6.47. The molecule has 0 bridgehead atoms. The van der Waals surface area contributed by atoms with Crippen molar-refractivity contribution < 1.29 is 9.59 Å². The van der Waals surface area contributed by atoms with E-state index in [9.17, 15) is 9.59 Å². The molecule has 0 aromatic heterocycles. The number of halogens is 2. The van der Waals surface area contributed by atoms with Gasteiger partial charge in [-0.25, -0.2) is 4.90 Å². The summed E-state index contributed by atoms with van der Waals surface area (Å²) in [4.78, 5) is 30.4. The van der Waals surface area contributed by atoms with Crippen molar-refractivity contribution in [3.63, 3.8) is 0 Å². The monoisotopic (exact) mass is 448 g/mol. The van der Waals surface area contributed by atoms with Crippen LogP contribution in [-0.2, 0) is 22.6 Å². The van der Waals surface area contributed by atoms with Gasteiger partial charge in [-0.15, -0.1) is 0 Å². The first-order valence-corrected chi connectivity index (χ1v) is 10.8. The van der Waals surface area contributed by atoms with E-state index in [1.807, 2.05) is 47.4 Å². The zero-order valence-corrected chi connectivity index (χ0v) is 18.0. The van der Waals surface area contributed by atoms with Gasteiger partial charge in [-0.2, -0.15) is 0 Å². The SMILES string of the molecule is O=C1C(c2ccccc2)=C(N2CCc3ccccc3C2)C(=O)N1c1ccc(Cl)c(Cl)c1. The number of hydrogen-bond acceptors (Lipinski definition) is 3. The average Bonchev–Trinajstić information content (AvgIpc) is 3.06. The Labute approximate surface area is 190 Å². The third kappa shape index (κ3) is 3.42. The zero-order chi connectivity index (χ0) is 21.5. The van der Waals surface area contributed by atoms with Crippen LogP contribution in [-0.4, -0.2) is 23.3 Å². The van der Waals surface area contributed by atoms with Crippen molar-refractivity contribution in [3.8, 4) is 0 Å². The number of carbonyl (C=O) groups excluding carboxylic acids is 2. The van der Waals surface area contributed by atoms with Crippen LogP contribution in [0.2, 0.25) is 10.0 Å². The molecule has 0 N–H and O–H groups in total. The fourth-order valence-corrected chi connectivity index (χ4v) is 4.51. The Bertz CT molecular complexity index is 1240. The quantitative estimate of drug-likeness (QED) is 0.507. The van der Waals surface area contributed by atoms with Gasteiger partial charge in [0.05, 0.1) is 21.3 Å². The van der Waals surface area contributed by atoms with Gasteiger partial charge in [-0.3, -0.25) is 9.59 Å². The molecule has 0 aliphatic carbocycles. The second-order valence-corrected chi connectivity index (χ2v) is 8.39. The lowest BCUT2D eigenvalue weighted by molar-refractivity contribution is -0.120. The van der Waals surface area contributed by atoms with Crippen LogP contribution < -0.4 is 4.90 Å². The van der Waals surface area contributed by atoms with Gasteiger partial charge < -0.3 is 4.90 Å². The van der Waals surface area contributed by atoms with Gasteiger partial charge in [0.15, 0.2) is 0 Å². The van der Waals surface area contributed by atoms with Crippen molar-refractivity contribution >= 4 is 46.3 Å². The van der Waals surface area contributed by atoms with E-state index in [2.05, 4.69) is 12.1 Å². The van der Waals surface area contributed by atoms with Gasteiger partial charge in [-0.1, -0.05) is 77.8 Å². The van der Waals surface area contributed by atoms with E-state index in [0.29, 0.717) is 40.1 Å². The molecule has 0 fully saturated rings. The Balaban J connectivity index is 1.62. The lowest BCUT2D eigenvalue weighted by atomic mass is 9.98. The van der Waals surface area contributed by atoms with Crippen LogP contribution in [0.3, 0.4) is 0 Å². The molecular weight excluding hydrogens is 431 g/mol. The third-order valence-electron chi connectivity index (χ3n) is 5.73. The van der Waals surface area contributed by atoms with Crippen molar-refractivity contribution in [2.75, 3.05) is 11.4 Å². The van der Waals surface area contributed by atoms with Crippen molar-refractivity contribution in [2.24, 2.45) is 0 Å². The van der Waals surface area contributed by atoms with Crippen LogP contribution in [0.1, 0.15) is 16.7 Å². The minimum Gasteiger partial charge on any atom is -0.362 e. The number of anilines is 1. The molecule has 2 amide bonds. The Morgan fingerprint density at radius 1 is 0.742 bits per heavy atom. The maximum atomic E-state index is 13.6. The lowest BCUT2D eigenvalue weighted by Crippen LogP contribution is -2.37. The van der Waals surface area contributed by atoms with E-state index in [4.69, 9.17) is 23.2 Å². The summed E-state index contributed by atoms with van der Waals surface area (Å²) in [5.74, 6) is -0.704. The molecule has 4 nitrogen and oxygen atoms in total. The highest BCUT2D eigenvalue weighted by molar-refractivity contribution is 6.46. The van der Waals surface area contributed by atoms with Gasteiger partial charge in [0.25, 0.3) is 11.8 Å². The molecule has 6 heteroatoms. The Morgan fingerprint density at radius 3 is 2.19 bits per heavy atom. The number of amides is 2. The summed E-state index contributed by atoms with van der Waals surface area (Å²) in [6.45, 7) is 1.24. The fourth-order valence-electron chi connectivity index (χ4n) is 4.22.